The number of ether oxygens (including phenoxy) is 1. The second kappa shape index (κ2) is 9.45. The van der Waals surface area contributed by atoms with E-state index in [1.165, 1.54) is 0 Å². The normalized spacial score (nSPS) is 16.2. The number of hydrogen-bond acceptors (Lipinski definition) is 4. The Balaban J connectivity index is 1.48. The van der Waals surface area contributed by atoms with Gasteiger partial charge >= 0.3 is 0 Å². The molecule has 1 saturated heterocycles. The predicted molar refractivity (Wildman–Crippen MR) is 119 cm³/mol. The molecule has 29 heavy (non-hydrogen) atoms. The van der Waals surface area contributed by atoms with Gasteiger partial charge in [0.15, 0.2) is 5.11 Å². The lowest BCUT2D eigenvalue weighted by Crippen LogP contribution is -2.37. The topological polar surface area (TPSA) is 63.5 Å². The number of rotatable bonds is 6. The number of aromatic nitrogens is 2. The van der Waals surface area contributed by atoms with Gasteiger partial charge in [-0.2, -0.15) is 10.2 Å². The molecule has 2 N–H and O–H groups in total. The van der Waals surface area contributed by atoms with Crippen LogP contribution in [0.1, 0.15) is 18.4 Å². The third-order valence-corrected chi connectivity index (χ3v) is 4.93. The van der Waals surface area contributed by atoms with Crippen LogP contribution in [0.4, 0.5) is 0 Å². The fourth-order valence-electron chi connectivity index (χ4n) is 3.23. The largest absolute Gasteiger partial charge is 0.376 e. The van der Waals surface area contributed by atoms with Gasteiger partial charge < -0.3 is 10.1 Å². The van der Waals surface area contributed by atoms with Crippen molar-refractivity contribution >= 4 is 23.5 Å². The second-order valence-electron chi connectivity index (χ2n) is 6.79. The summed E-state index contributed by atoms with van der Waals surface area (Å²) in [4.78, 5) is 0. The molecule has 2 heterocycles. The molecule has 0 amide bonds. The Morgan fingerprint density at radius 1 is 1.17 bits per heavy atom. The highest BCUT2D eigenvalue weighted by Crippen LogP contribution is 2.22. The van der Waals surface area contributed by atoms with E-state index in [0.29, 0.717) is 11.7 Å². The molecule has 0 spiro atoms. The lowest BCUT2D eigenvalue weighted by atomic mass is 10.1. The number of hydrogen-bond donors (Lipinski definition) is 2. The quantitative estimate of drug-likeness (QED) is 0.373. The third-order valence-electron chi connectivity index (χ3n) is 4.69. The van der Waals surface area contributed by atoms with Crippen LogP contribution < -0.4 is 10.7 Å². The fraction of sp³-hybridized carbons (Fsp3) is 0.227. The van der Waals surface area contributed by atoms with E-state index in [1.54, 1.807) is 6.21 Å². The standard InChI is InChI=1S/C22H23N5OS/c29-22(23-15-20-12-7-13-28-20)25-24-14-18-16-27(19-10-5-2-6-11-19)26-21(18)17-8-3-1-4-9-17/h1-6,8-11,14,16,20H,7,12-13,15H2,(H2,23,25,29). The van der Waals surface area contributed by atoms with Gasteiger partial charge in [-0.1, -0.05) is 48.5 Å². The molecule has 1 aromatic heterocycles. The first-order valence-electron chi connectivity index (χ1n) is 9.68. The molecule has 0 saturated carbocycles. The van der Waals surface area contributed by atoms with Crippen molar-refractivity contribution in [3.63, 3.8) is 0 Å². The zero-order chi connectivity index (χ0) is 19.9. The number of nitrogens with one attached hydrogen (secondary N) is 2. The number of para-hydroxylation sites is 1. The maximum absolute atomic E-state index is 5.59. The maximum atomic E-state index is 5.59. The average molecular weight is 406 g/mol. The molecule has 0 aliphatic carbocycles. The number of thiocarbonyl (C=S) groups is 1. The van der Waals surface area contributed by atoms with Gasteiger partial charge in [-0.05, 0) is 37.2 Å². The number of hydrazone groups is 1. The molecule has 0 radical (unpaired) electrons. The first-order chi connectivity index (χ1) is 14.3. The van der Waals surface area contributed by atoms with Crippen molar-refractivity contribution in [3.05, 3.63) is 72.4 Å². The van der Waals surface area contributed by atoms with Gasteiger partial charge in [0.2, 0.25) is 0 Å². The second-order valence-corrected chi connectivity index (χ2v) is 7.20. The molecule has 6 nitrogen and oxygen atoms in total. The number of nitrogens with zero attached hydrogens (tertiary/aromatic N) is 3. The predicted octanol–water partition coefficient (Wildman–Crippen LogP) is 3.52. The van der Waals surface area contributed by atoms with Gasteiger partial charge in [-0.3, -0.25) is 5.43 Å². The molecule has 2 aromatic carbocycles. The number of benzene rings is 2. The van der Waals surface area contributed by atoms with E-state index >= 15 is 0 Å². The summed E-state index contributed by atoms with van der Waals surface area (Å²) in [5, 5.41) is 12.7. The van der Waals surface area contributed by atoms with Crippen molar-refractivity contribution in [3.8, 4) is 16.9 Å². The molecule has 1 aliphatic rings. The van der Waals surface area contributed by atoms with Crippen molar-refractivity contribution in [2.75, 3.05) is 13.2 Å². The summed E-state index contributed by atoms with van der Waals surface area (Å²) in [5.74, 6) is 0. The van der Waals surface area contributed by atoms with Gasteiger partial charge in [0.25, 0.3) is 0 Å². The summed E-state index contributed by atoms with van der Waals surface area (Å²) in [6.45, 7) is 1.53. The van der Waals surface area contributed by atoms with Crippen molar-refractivity contribution in [2.45, 2.75) is 18.9 Å². The van der Waals surface area contributed by atoms with E-state index in [4.69, 9.17) is 22.1 Å². The third kappa shape index (κ3) is 5.07. The van der Waals surface area contributed by atoms with E-state index in [2.05, 4.69) is 15.8 Å². The zero-order valence-electron chi connectivity index (χ0n) is 16.0. The molecule has 1 aliphatic heterocycles. The molecular weight excluding hydrogens is 382 g/mol. The Hall–Kier alpha value is -3.03. The van der Waals surface area contributed by atoms with Crippen molar-refractivity contribution in [2.24, 2.45) is 5.10 Å². The van der Waals surface area contributed by atoms with Crippen molar-refractivity contribution < 1.29 is 4.74 Å². The minimum Gasteiger partial charge on any atom is -0.376 e. The highest BCUT2D eigenvalue weighted by molar-refractivity contribution is 7.80. The molecule has 7 heteroatoms. The molecule has 1 unspecified atom stereocenters. The van der Waals surface area contributed by atoms with E-state index in [9.17, 15) is 0 Å². The van der Waals surface area contributed by atoms with Crippen LogP contribution in [0.15, 0.2) is 72.0 Å². The molecular formula is C22H23N5OS. The molecule has 1 fully saturated rings. The summed E-state index contributed by atoms with van der Waals surface area (Å²) < 4.78 is 7.45. The van der Waals surface area contributed by atoms with Gasteiger partial charge in [0, 0.05) is 30.5 Å². The summed E-state index contributed by atoms with van der Waals surface area (Å²) in [6, 6.07) is 20.1. The maximum Gasteiger partial charge on any atom is 0.187 e. The van der Waals surface area contributed by atoms with Gasteiger partial charge in [-0.15, -0.1) is 0 Å². The van der Waals surface area contributed by atoms with E-state index < -0.39 is 0 Å². The first kappa shape index (κ1) is 19.3. The minimum absolute atomic E-state index is 0.229. The smallest absolute Gasteiger partial charge is 0.187 e. The Labute approximate surface area is 175 Å². The highest BCUT2D eigenvalue weighted by Gasteiger charge is 2.15. The van der Waals surface area contributed by atoms with Crippen LogP contribution in [-0.2, 0) is 4.74 Å². The lowest BCUT2D eigenvalue weighted by molar-refractivity contribution is 0.114. The summed E-state index contributed by atoms with van der Waals surface area (Å²) in [7, 11) is 0. The van der Waals surface area contributed by atoms with Crippen LogP contribution in [0, 0.1) is 0 Å². The minimum atomic E-state index is 0.229. The highest BCUT2D eigenvalue weighted by atomic mass is 32.1. The summed E-state index contributed by atoms with van der Waals surface area (Å²) in [6.07, 6.45) is 6.11. The van der Waals surface area contributed by atoms with Crippen LogP contribution in [0.25, 0.3) is 16.9 Å². The van der Waals surface area contributed by atoms with Crippen molar-refractivity contribution in [1.29, 1.82) is 0 Å². The fourth-order valence-corrected chi connectivity index (χ4v) is 3.36. The van der Waals surface area contributed by atoms with E-state index in [-0.39, 0.29) is 6.10 Å². The molecule has 148 valence electrons. The van der Waals surface area contributed by atoms with Crippen molar-refractivity contribution in [1.82, 2.24) is 20.5 Å². The van der Waals surface area contributed by atoms with E-state index in [1.807, 2.05) is 71.5 Å². The summed E-state index contributed by atoms with van der Waals surface area (Å²) in [5.41, 5.74) is 6.66. The van der Waals surface area contributed by atoms with Crippen LogP contribution in [0.3, 0.4) is 0 Å². The Morgan fingerprint density at radius 2 is 1.93 bits per heavy atom. The Morgan fingerprint density at radius 3 is 2.66 bits per heavy atom. The molecule has 3 aromatic rings. The van der Waals surface area contributed by atoms with Gasteiger partial charge in [-0.25, -0.2) is 4.68 Å². The summed E-state index contributed by atoms with van der Waals surface area (Å²) >= 11 is 5.30. The SMILES string of the molecule is S=C(NCC1CCCO1)NN=Cc1cn(-c2ccccc2)nc1-c1ccccc1. The first-order valence-corrected chi connectivity index (χ1v) is 10.1. The monoisotopic (exact) mass is 405 g/mol. The van der Waals surface area contributed by atoms with Gasteiger partial charge in [0.05, 0.1) is 18.0 Å². The van der Waals surface area contributed by atoms with Crippen LogP contribution in [-0.4, -0.2) is 40.4 Å². The van der Waals surface area contributed by atoms with E-state index in [0.717, 1.165) is 42.0 Å². The van der Waals surface area contributed by atoms with Crippen LogP contribution in [0.2, 0.25) is 0 Å². The molecule has 4 rings (SSSR count). The molecule has 0 bridgehead atoms. The Bertz CT molecular complexity index is 965. The van der Waals surface area contributed by atoms with Gasteiger partial charge in [0.1, 0.15) is 5.69 Å². The van der Waals surface area contributed by atoms with Crippen LogP contribution in [0.5, 0.6) is 0 Å². The van der Waals surface area contributed by atoms with Crippen LogP contribution >= 0.6 is 12.2 Å². The molecule has 1 atom stereocenters. The Kier molecular flexibility index (Phi) is 6.29. The average Bonchev–Trinajstić information content (AvgIpc) is 3.44. The lowest BCUT2D eigenvalue weighted by Gasteiger charge is -2.11. The zero-order valence-corrected chi connectivity index (χ0v) is 16.8.